The Morgan fingerprint density at radius 1 is 0.914 bits per heavy atom. The van der Waals surface area contributed by atoms with E-state index in [-0.39, 0.29) is 5.91 Å². The van der Waals surface area contributed by atoms with E-state index in [1.54, 1.807) is 0 Å². The number of rotatable bonds is 6. The molecule has 0 aliphatic rings. The van der Waals surface area contributed by atoms with Crippen molar-refractivity contribution in [3.8, 4) is 22.5 Å². The Hall–Kier alpha value is -3.54. The van der Waals surface area contributed by atoms with E-state index in [1.807, 2.05) is 60.0 Å². The van der Waals surface area contributed by atoms with Crippen LogP contribution in [0.4, 0.5) is 5.13 Å². The summed E-state index contributed by atoms with van der Waals surface area (Å²) in [5.41, 5.74) is 6.12. The quantitative estimate of drug-likeness (QED) is 0.257. The molecule has 4 nitrogen and oxygen atoms in total. The van der Waals surface area contributed by atoms with Crippen LogP contribution < -0.4 is 5.32 Å². The summed E-state index contributed by atoms with van der Waals surface area (Å²) in [4.78, 5) is 22.8. The number of amides is 1. The van der Waals surface area contributed by atoms with E-state index in [9.17, 15) is 4.79 Å². The molecule has 35 heavy (non-hydrogen) atoms. The topological polar surface area (TPSA) is 54.9 Å². The molecular weight excluding hydrogens is 474 g/mol. The summed E-state index contributed by atoms with van der Waals surface area (Å²) in [6, 6.07) is 25.4. The van der Waals surface area contributed by atoms with Crippen molar-refractivity contribution >= 4 is 44.9 Å². The zero-order valence-electron chi connectivity index (χ0n) is 19.5. The second kappa shape index (κ2) is 9.98. The molecule has 0 spiro atoms. The molecule has 1 N–H and O–H groups in total. The number of aromatic nitrogens is 2. The van der Waals surface area contributed by atoms with Gasteiger partial charge in [0.1, 0.15) is 0 Å². The maximum Gasteiger partial charge on any atom is 0.258 e. The predicted molar refractivity (Wildman–Crippen MR) is 146 cm³/mol. The maximum absolute atomic E-state index is 13.4. The number of nitrogens with one attached hydrogen (secondary N) is 1. The van der Waals surface area contributed by atoms with Gasteiger partial charge in [-0.25, -0.2) is 9.97 Å². The molecule has 5 aromatic rings. The number of halogens is 1. The van der Waals surface area contributed by atoms with Gasteiger partial charge < -0.3 is 0 Å². The zero-order valence-corrected chi connectivity index (χ0v) is 21.0. The molecule has 0 radical (unpaired) electrons. The molecular formula is C29H24ClN3OS. The fourth-order valence-electron chi connectivity index (χ4n) is 4.04. The standard InChI is InChI=1S/C29H24ClN3OS/c1-18(2)15-19-7-9-21(10-8-19)27-17-35-29(32-27)33-28(34)24-16-26(20-11-13-22(30)14-12-20)31-25-6-4-3-5-23(24)25/h3-14,16-18H,15H2,1-2H3,(H,32,33,34). The minimum absolute atomic E-state index is 0.216. The highest BCUT2D eigenvalue weighted by molar-refractivity contribution is 7.14. The van der Waals surface area contributed by atoms with Crippen LogP contribution in [0, 0.1) is 5.92 Å². The van der Waals surface area contributed by atoms with E-state index >= 15 is 0 Å². The minimum Gasteiger partial charge on any atom is -0.298 e. The average molecular weight is 498 g/mol. The number of benzene rings is 3. The van der Waals surface area contributed by atoms with Gasteiger partial charge in [0.2, 0.25) is 0 Å². The van der Waals surface area contributed by atoms with Gasteiger partial charge in [-0.3, -0.25) is 10.1 Å². The Bertz CT molecular complexity index is 1490. The van der Waals surface area contributed by atoms with Crippen LogP contribution in [0.3, 0.4) is 0 Å². The van der Waals surface area contributed by atoms with Crippen molar-refractivity contribution < 1.29 is 4.79 Å². The number of pyridine rings is 1. The highest BCUT2D eigenvalue weighted by atomic mass is 35.5. The lowest BCUT2D eigenvalue weighted by Gasteiger charge is -2.10. The second-order valence-corrected chi connectivity index (χ2v) is 10.2. The largest absolute Gasteiger partial charge is 0.298 e. The van der Waals surface area contributed by atoms with Crippen molar-refractivity contribution in [3.63, 3.8) is 0 Å². The van der Waals surface area contributed by atoms with E-state index < -0.39 is 0 Å². The number of carbonyl (C=O) groups excluding carboxylic acids is 1. The number of thiazole rings is 1. The van der Waals surface area contributed by atoms with E-state index in [4.69, 9.17) is 16.6 Å². The average Bonchev–Trinajstić information content (AvgIpc) is 3.32. The van der Waals surface area contributed by atoms with Crippen LogP contribution in [0.1, 0.15) is 29.8 Å². The van der Waals surface area contributed by atoms with Crippen molar-refractivity contribution in [1.29, 1.82) is 0 Å². The predicted octanol–water partition coefficient (Wildman–Crippen LogP) is 8.13. The van der Waals surface area contributed by atoms with Gasteiger partial charge in [0, 0.05) is 26.9 Å². The Balaban J connectivity index is 1.42. The number of fused-ring (bicyclic) bond motifs is 1. The van der Waals surface area contributed by atoms with Gasteiger partial charge in [-0.15, -0.1) is 11.3 Å². The van der Waals surface area contributed by atoms with Crippen LogP contribution in [0.15, 0.2) is 84.2 Å². The van der Waals surface area contributed by atoms with E-state index in [0.717, 1.165) is 34.1 Å². The normalized spacial score (nSPS) is 11.2. The van der Waals surface area contributed by atoms with Crippen molar-refractivity contribution in [3.05, 3.63) is 100 Å². The van der Waals surface area contributed by atoms with Crippen molar-refractivity contribution in [2.24, 2.45) is 5.92 Å². The number of anilines is 1. The number of para-hydroxylation sites is 1. The maximum atomic E-state index is 13.4. The molecule has 0 aliphatic carbocycles. The van der Waals surface area contributed by atoms with Gasteiger partial charge in [-0.1, -0.05) is 80.0 Å². The number of hydrogen-bond donors (Lipinski definition) is 1. The third-order valence-corrected chi connectivity index (χ3v) is 6.73. The number of hydrogen-bond acceptors (Lipinski definition) is 4. The van der Waals surface area contributed by atoms with E-state index in [0.29, 0.717) is 27.3 Å². The summed E-state index contributed by atoms with van der Waals surface area (Å²) < 4.78 is 0. The summed E-state index contributed by atoms with van der Waals surface area (Å²) in [5.74, 6) is 0.401. The van der Waals surface area contributed by atoms with Crippen LogP contribution in [-0.2, 0) is 6.42 Å². The van der Waals surface area contributed by atoms with Crippen LogP contribution in [0.25, 0.3) is 33.4 Å². The molecule has 1 amide bonds. The van der Waals surface area contributed by atoms with Gasteiger partial charge in [-0.2, -0.15) is 0 Å². The van der Waals surface area contributed by atoms with Gasteiger partial charge in [0.15, 0.2) is 5.13 Å². The molecule has 2 heterocycles. The smallest absolute Gasteiger partial charge is 0.258 e. The van der Waals surface area contributed by atoms with Crippen LogP contribution in [0.2, 0.25) is 5.02 Å². The lowest BCUT2D eigenvalue weighted by atomic mass is 10.0. The third kappa shape index (κ3) is 5.26. The lowest BCUT2D eigenvalue weighted by Crippen LogP contribution is -2.13. The highest BCUT2D eigenvalue weighted by Gasteiger charge is 2.16. The molecule has 3 aromatic carbocycles. The zero-order chi connectivity index (χ0) is 24.4. The minimum atomic E-state index is -0.216. The summed E-state index contributed by atoms with van der Waals surface area (Å²) in [6.45, 7) is 4.43. The molecule has 0 bridgehead atoms. The molecule has 0 aliphatic heterocycles. The Labute approximate surface area is 213 Å². The molecule has 0 atom stereocenters. The first-order valence-corrected chi connectivity index (χ1v) is 12.7. The molecule has 0 unspecified atom stereocenters. The highest BCUT2D eigenvalue weighted by Crippen LogP contribution is 2.29. The summed E-state index contributed by atoms with van der Waals surface area (Å²) in [5, 5.41) is 6.96. The molecule has 6 heteroatoms. The molecule has 2 aromatic heterocycles. The summed E-state index contributed by atoms with van der Waals surface area (Å²) >= 11 is 7.47. The van der Waals surface area contributed by atoms with Gasteiger partial charge >= 0.3 is 0 Å². The lowest BCUT2D eigenvalue weighted by molar-refractivity contribution is 0.102. The molecule has 5 rings (SSSR count). The van der Waals surface area contributed by atoms with Crippen LogP contribution in [-0.4, -0.2) is 15.9 Å². The summed E-state index contributed by atoms with van der Waals surface area (Å²) in [6.07, 6.45) is 1.05. The van der Waals surface area contributed by atoms with E-state index in [2.05, 4.69) is 48.4 Å². The Kier molecular flexibility index (Phi) is 6.62. The fraction of sp³-hybridized carbons (Fsp3) is 0.138. The molecule has 0 saturated heterocycles. The first kappa shape index (κ1) is 23.2. The van der Waals surface area contributed by atoms with Crippen molar-refractivity contribution in [2.45, 2.75) is 20.3 Å². The fourth-order valence-corrected chi connectivity index (χ4v) is 4.88. The summed E-state index contributed by atoms with van der Waals surface area (Å²) in [7, 11) is 0. The monoisotopic (exact) mass is 497 g/mol. The SMILES string of the molecule is CC(C)Cc1ccc(-c2csc(NC(=O)c3cc(-c4ccc(Cl)cc4)nc4ccccc34)n2)cc1. The molecule has 174 valence electrons. The first-order valence-electron chi connectivity index (χ1n) is 11.5. The first-order chi connectivity index (χ1) is 17.0. The van der Waals surface area contributed by atoms with Crippen molar-refractivity contribution in [1.82, 2.24) is 9.97 Å². The Morgan fingerprint density at radius 2 is 1.60 bits per heavy atom. The van der Waals surface area contributed by atoms with Gasteiger partial charge in [-0.05, 0) is 42.2 Å². The number of nitrogens with zero attached hydrogens (tertiary/aromatic N) is 2. The second-order valence-electron chi connectivity index (χ2n) is 8.87. The molecule has 0 saturated carbocycles. The van der Waals surface area contributed by atoms with Crippen LogP contribution in [0.5, 0.6) is 0 Å². The van der Waals surface area contributed by atoms with Crippen molar-refractivity contribution in [2.75, 3.05) is 5.32 Å². The number of carbonyl (C=O) groups is 1. The van der Waals surface area contributed by atoms with Crippen LogP contribution >= 0.6 is 22.9 Å². The van der Waals surface area contributed by atoms with E-state index in [1.165, 1.54) is 16.9 Å². The van der Waals surface area contributed by atoms with Gasteiger partial charge in [0.05, 0.1) is 22.5 Å². The Morgan fingerprint density at radius 3 is 2.34 bits per heavy atom. The van der Waals surface area contributed by atoms with Gasteiger partial charge in [0.25, 0.3) is 5.91 Å². The third-order valence-electron chi connectivity index (χ3n) is 5.72. The molecule has 0 fully saturated rings.